The van der Waals surface area contributed by atoms with Crippen LogP contribution >= 0.6 is 0 Å². The number of hydrogen-bond acceptors (Lipinski definition) is 3. The van der Waals surface area contributed by atoms with Crippen LogP contribution in [0, 0.1) is 0 Å². The lowest BCUT2D eigenvalue weighted by Crippen LogP contribution is -2.27. The standard InChI is InChI=1S/C12H16F3N3O/c1-18(2)7-3-6-16-11(19)9-4-5-10(17-8-9)12(13,14)15/h4-5,8H,3,6-7H2,1-2H3,(H,16,19). The molecule has 1 amide bonds. The summed E-state index contributed by atoms with van der Waals surface area (Å²) in [6, 6.07) is 1.92. The van der Waals surface area contributed by atoms with Crippen molar-refractivity contribution in [2.45, 2.75) is 12.6 Å². The molecule has 106 valence electrons. The Morgan fingerprint density at radius 2 is 2.05 bits per heavy atom. The Kier molecular flexibility index (Phi) is 5.29. The van der Waals surface area contributed by atoms with E-state index in [2.05, 4.69) is 10.3 Å². The first-order valence-corrected chi connectivity index (χ1v) is 5.77. The number of aromatic nitrogens is 1. The van der Waals surface area contributed by atoms with Crippen LogP contribution in [0.4, 0.5) is 13.2 Å². The normalized spacial score (nSPS) is 11.7. The molecule has 0 bridgehead atoms. The number of nitrogens with zero attached hydrogens (tertiary/aromatic N) is 2. The Morgan fingerprint density at radius 1 is 1.37 bits per heavy atom. The van der Waals surface area contributed by atoms with E-state index in [0.29, 0.717) is 6.54 Å². The fourth-order valence-electron chi connectivity index (χ4n) is 1.40. The summed E-state index contributed by atoms with van der Waals surface area (Å²) in [5.41, 5.74) is -0.880. The van der Waals surface area contributed by atoms with Gasteiger partial charge in [-0.05, 0) is 39.2 Å². The van der Waals surface area contributed by atoms with Crippen LogP contribution < -0.4 is 5.32 Å². The zero-order valence-corrected chi connectivity index (χ0v) is 10.8. The van der Waals surface area contributed by atoms with Gasteiger partial charge in [0.2, 0.25) is 0 Å². The van der Waals surface area contributed by atoms with Gasteiger partial charge in [-0.15, -0.1) is 0 Å². The summed E-state index contributed by atoms with van der Waals surface area (Å²) >= 11 is 0. The molecule has 0 unspecified atom stereocenters. The lowest BCUT2D eigenvalue weighted by molar-refractivity contribution is -0.141. The molecule has 19 heavy (non-hydrogen) atoms. The second-order valence-corrected chi connectivity index (χ2v) is 4.34. The first kappa shape index (κ1) is 15.4. The smallest absolute Gasteiger partial charge is 0.352 e. The van der Waals surface area contributed by atoms with Crippen LogP contribution in [0.15, 0.2) is 18.3 Å². The van der Waals surface area contributed by atoms with Gasteiger partial charge in [0.1, 0.15) is 5.69 Å². The predicted octanol–water partition coefficient (Wildman–Crippen LogP) is 1.78. The molecule has 0 aromatic carbocycles. The molecule has 0 fully saturated rings. The van der Waals surface area contributed by atoms with Gasteiger partial charge in [-0.3, -0.25) is 9.78 Å². The van der Waals surface area contributed by atoms with Crippen molar-refractivity contribution < 1.29 is 18.0 Å². The van der Waals surface area contributed by atoms with E-state index in [4.69, 9.17) is 0 Å². The number of carbonyl (C=O) groups excluding carboxylic acids is 1. The summed E-state index contributed by atoms with van der Waals surface area (Å²) in [7, 11) is 3.84. The van der Waals surface area contributed by atoms with Gasteiger partial charge >= 0.3 is 6.18 Å². The number of rotatable bonds is 5. The van der Waals surface area contributed by atoms with Gasteiger partial charge in [0.05, 0.1) is 5.56 Å². The van der Waals surface area contributed by atoms with Crippen LogP contribution in [0.1, 0.15) is 22.5 Å². The summed E-state index contributed by atoms with van der Waals surface area (Å²) in [6.45, 7) is 1.30. The van der Waals surface area contributed by atoms with E-state index in [1.54, 1.807) is 0 Å². The zero-order valence-electron chi connectivity index (χ0n) is 10.8. The van der Waals surface area contributed by atoms with Gasteiger partial charge in [0, 0.05) is 12.7 Å². The van der Waals surface area contributed by atoms with Crippen LogP contribution in [0.5, 0.6) is 0 Å². The Bertz CT molecular complexity index is 415. The summed E-state index contributed by atoms with van der Waals surface area (Å²) in [6.07, 6.45) is -2.78. The molecule has 1 rings (SSSR count). The third kappa shape index (κ3) is 5.25. The first-order chi connectivity index (χ1) is 8.80. The molecule has 4 nitrogen and oxygen atoms in total. The first-order valence-electron chi connectivity index (χ1n) is 5.77. The minimum atomic E-state index is -4.49. The van der Waals surface area contributed by atoms with Crippen molar-refractivity contribution in [3.8, 4) is 0 Å². The van der Waals surface area contributed by atoms with E-state index in [1.807, 2.05) is 19.0 Å². The Hall–Kier alpha value is -1.63. The quantitative estimate of drug-likeness (QED) is 0.833. The molecule has 1 heterocycles. The molecule has 0 spiro atoms. The van der Waals surface area contributed by atoms with Crippen LogP contribution in [-0.4, -0.2) is 43.0 Å². The molecule has 1 aromatic heterocycles. The molecule has 0 aliphatic carbocycles. The Morgan fingerprint density at radius 3 is 2.53 bits per heavy atom. The fourth-order valence-corrected chi connectivity index (χ4v) is 1.40. The van der Waals surface area contributed by atoms with Crippen molar-refractivity contribution in [2.24, 2.45) is 0 Å². The molecule has 7 heteroatoms. The predicted molar refractivity (Wildman–Crippen MR) is 64.7 cm³/mol. The van der Waals surface area contributed by atoms with Gasteiger partial charge in [-0.1, -0.05) is 0 Å². The van der Waals surface area contributed by atoms with E-state index in [1.165, 1.54) is 0 Å². The van der Waals surface area contributed by atoms with Gasteiger partial charge < -0.3 is 10.2 Å². The number of halogens is 3. The number of hydrogen-bond donors (Lipinski definition) is 1. The summed E-state index contributed by atoms with van der Waals surface area (Å²) < 4.78 is 36.8. The average Bonchev–Trinajstić information content (AvgIpc) is 2.33. The maximum atomic E-state index is 12.3. The summed E-state index contributed by atoms with van der Waals surface area (Å²) in [5.74, 6) is -0.417. The van der Waals surface area contributed by atoms with E-state index < -0.39 is 17.8 Å². The van der Waals surface area contributed by atoms with Crippen molar-refractivity contribution in [1.82, 2.24) is 15.2 Å². The third-order valence-corrected chi connectivity index (χ3v) is 2.38. The number of nitrogens with one attached hydrogen (secondary N) is 1. The number of pyridine rings is 1. The average molecular weight is 275 g/mol. The molecule has 0 radical (unpaired) electrons. The van der Waals surface area contributed by atoms with Crippen molar-refractivity contribution >= 4 is 5.91 Å². The van der Waals surface area contributed by atoms with E-state index in [-0.39, 0.29) is 5.56 Å². The van der Waals surface area contributed by atoms with Crippen LogP contribution in [0.25, 0.3) is 0 Å². The highest BCUT2D eigenvalue weighted by Gasteiger charge is 2.32. The molecule has 1 aromatic rings. The molecule has 1 N–H and O–H groups in total. The minimum absolute atomic E-state index is 0.123. The topological polar surface area (TPSA) is 45.2 Å². The van der Waals surface area contributed by atoms with Crippen molar-refractivity contribution in [3.05, 3.63) is 29.6 Å². The van der Waals surface area contributed by atoms with Gasteiger partial charge in [-0.25, -0.2) is 0 Å². The lowest BCUT2D eigenvalue weighted by atomic mass is 10.2. The van der Waals surface area contributed by atoms with Crippen molar-refractivity contribution in [2.75, 3.05) is 27.2 Å². The maximum Gasteiger partial charge on any atom is 0.433 e. The maximum absolute atomic E-state index is 12.3. The molecule has 0 saturated carbocycles. The Balaban J connectivity index is 2.49. The largest absolute Gasteiger partial charge is 0.433 e. The van der Waals surface area contributed by atoms with Gasteiger partial charge in [0.15, 0.2) is 0 Å². The third-order valence-electron chi connectivity index (χ3n) is 2.38. The highest BCUT2D eigenvalue weighted by molar-refractivity contribution is 5.93. The molecular weight excluding hydrogens is 259 g/mol. The minimum Gasteiger partial charge on any atom is -0.352 e. The second-order valence-electron chi connectivity index (χ2n) is 4.34. The molecule has 0 saturated heterocycles. The lowest BCUT2D eigenvalue weighted by Gasteiger charge is -2.10. The second kappa shape index (κ2) is 6.51. The summed E-state index contributed by atoms with van der Waals surface area (Å²) in [4.78, 5) is 16.8. The number of amides is 1. The zero-order chi connectivity index (χ0) is 14.5. The van der Waals surface area contributed by atoms with E-state index in [0.717, 1.165) is 31.3 Å². The SMILES string of the molecule is CN(C)CCCNC(=O)c1ccc(C(F)(F)F)nc1. The van der Waals surface area contributed by atoms with E-state index >= 15 is 0 Å². The van der Waals surface area contributed by atoms with Crippen LogP contribution in [-0.2, 0) is 6.18 Å². The van der Waals surface area contributed by atoms with Crippen LogP contribution in [0.3, 0.4) is 0 Å². The highest BCUT2D eigenvalue weighted by Crippen LogP contribution is 2.27. The molecule has 0 atom stereocenters. The van der Waals surface area contributed by atoms with Gasteiger partial charge in [0.25, 0.3) is 5.91 Å². The van der Waals surface area contributed by atoms with E-state index in [9.17, 15) is 18.0 Å². The highest BCUT2D eigenvalue weighted by atomic mass is 19.4. The molecular formula is C12H16F3N3O. The number of alkyl halides is 3. The van der Waals surface area contributed by atoms with Crippen LogP contribution in [0.2, 0.25) is 0 Å². The summed E-state index contributed by atoms with van der Waals surface area (Å²) in [5, 5.41) is 2.63. The fraction of sp³-hybridized carbons (Fsp3) is 0.500. The number of carbonyl (C=O) groups is 1. The van der Waals surface area contributed by atoms with Crippen molar-refractivity contribution in [3.63, 3.8) is 0 Å². The van der Waals surface area contributed by atoms with Crippen molar-refractivity contribution in [1.29, 1.82) is 0 Å². The molecule has 0 aliphatic rings. The molecule has 0 aliphatic heterocycles. The monoisotopic (exact) mass is 275 g/mol. The van der Waals surface area contributed by atoms with Gasteiger partial charge in [-0.2, -0.15) is 13.2 Å². The Labute approximate surface area is 109 Å².